The highest BCUT2D eigenvalue weighted by Gasteiger charge is 2.44. The highest BCUT2D eigenvalue weighted by Crippen LogP contribution is 2.34. The van der Waals surface area contributed by atoms with E-state index in [1.165, 1.54) is 0 Å². The van der Waals surface area contributed by atoms with Crippen LogP contribution in [0.5, 0.6) is 0 Å². The van der Waals surface area contributed by atoms with Crippen molar-refractivity contribution in [3.8, 4) is 0 Å². The van der Waals surface area contributed by atoms with Crippen molar-refractivity contribution in [1.82, 2.24) is 9.80 Å². The molecule has 0 aromatic carbocycles. The molecule has 18 heavy (non-hydrogen) atoms. The Morgan fingerprint density at radius 3 is 2.61 bits per heavy atom. The van der Waals surface area contributed by atoms with E-state index in [1.54, 1.807) is 0 Å². The van der Waals surface area contributed by atoms with Gasteiger partial charge < -0.3 is 10.5 Å². The average molecular weight is 255 g/mol. The molecule has 106 valence electrons. The fourth-order valence-corrected chi connectivity index (χ4v) is 3.26. The topological polar surface area (TPSA) is 41.7 Å². The molecule has 2 N–H and O–H groups in total. The van der Waals surface area contributed by atoms with Crippen molar-refractivity contribution in [3.63, 3.8) is 0 Å². The summed E-state index contributed by atoms with van der Waals surface area (Å²) >= 11 is 0. The first-order valence-electron chi connectivity index (χ1n) is 7.14. The lowest BCUT2D eigenvalue weighted by Crippen LogP contribution is -2.67. The lowest BCUT2D eigenvalue weighted by molar-refractivity contribution is -0.0398. The van der Waals surface area contributed by atoms with Crippen LogP contribution in [0.2, 0.25) is 0 Å². The van der Waals surface area contributed by atoms with Gasteiger partial charge in [0.25, 0.3) is 0 Å². The van der Waals surface area contributed by atoms with Crippen molar-refractivity contribution >= 4 is 0 Å². The Balaban J connectivity index is 2.12. The maximum atomic E-state index is 6.13. The number of nitrogens with two attached hydrogens (primary N) is 1. The first kappa shape index (κ1) is 14.3. The number of hydrogen-bond acceptors (Lipinski definition) is 4. The van der Waals surface area contributed by atoms with Crippen LogP contribution in [-0.2, 0) is 4.74 Å². The van der Waals surface area contributed by atoms with Crippen molar-refractivity contribution in [2.75, 3.05) is 46.4 Å². The molecule has 2 aliphatic rings. The third-order valence-electron chi connectivity index (χ3n) is 5.26. The number of piperazine rings is 1. The van der Waals surface area contributed by atoms with Gasteiger partial charge in [0.15, 0.2) is 0 Å². The van der Waals surface area contributed by atoms with Crippen LogP contribution in [0.4, 0.5) is 0 Å². The zero-order valence-corrected chi connectivity index (χ0v) is 12.4. The smallest absolute Gasteiger partial charge is 0.0513 e. The van der Waals surface area contributed by atoms with Crippen LogP contribution in [0.15, 0.2) is 0 Å². The highest BCUT2D eigenvalue weighted by molar-refractivity contribution is 5.00. The van der Waals surface area contributed by atoms with E-state index in [2.05, 4.69) is 37.6 Å². The van der Waals surface area contributed by atoms with Gasteiger partial charge in [-0.05, 0) is 34.2 Å². The van der Waals surface area contributed by atoms with Crippen LogP contribution in [0.3, 0.4) is 0 Å². The Morgan fingerprint density at radius 2 is 2.11 bits per heavy atom. The van der Waals surface area contributed by atoms with Crippen molar-refractivity contribution < 1.29 is 4.74 Å². The summed E-state index contributed by atoms with van der Waals surface area (Å²) in [6.07, 6.45) is 1.15. The molecule has 0 aromatic heterocycles. The molecule has 2 rings (SSSR count). The zero-order valence-electron chi connectivity index (χ0n) is 12.4. The van der Waals surface area contributed by atoms with E-state index >= 15 is 0 Å². The predicted molar refractivity (Wildman–Crippen MR) is 74.7 cm³/mol. The summed E-state index contributed by atoms with van der Waals surface area (Å²) in [5.74, 6) is 0.585. The Morgan fingerprint density at radius 1 is 1.39 bits per heavy atom. The number of likely N-dealkylation sites (N-methyl/N-ethyl adjacent to an activating group) is 1. The van der Waals surface area contributed by atoms with Crippen LogP contribution >= 0.6 is 0 Å². The molecular formula is C14H29N3O. The quantitative estimate of drug-likeness (QED) is 0.809. The van der Waals surface area contributed by atoms with Crippen molar-refractivity contribution in [2.24, 2.45) is 11.7 Å². The second-order valence-corrected chi connectivity index (χ2v) is 6.78. The fourth-order valence-electron chi connectivity index (χ4n) is 3.26. The highest BCUT2D eigenvalue weighted by atomic mass is 16.5. The van der Waals surface area contributed by atoms with Gasteiger partial charge in [-0.2, -0.15) is 0 Å². The van der Waals surface area contributed by atoms with Gasteiger partial charge in [-0.15, -0.1) is 0 Å². The fraction of sp³-hybridized carbons (Fsp3) is 1.00. The van der Waals surface area contributed by atoms with Gasteiger partial charge in [0.05, 0.1) is 6.61 Å². The molecule has 2 saturated heterocycles. The Labute approximate surface area is 111 Å². The van der Waals surface area contributed by atoms with Crippen LogP contribution in [0, 0.1) is 5.92 Å². The van der Waals surface area contributed by atoms with Gasteiger partial charge in [0, 0.05) is 49.8 Å². The third kappa shape index (κ3) is 2.44. The summed E-state index contributed by atoms with van der Waals surface area (Å²) in [4.78, 5) is 5.05. The number of nitrogens with zero attached hydrogens (tertiary/aromatic N) is 2. The zero-order chi connectivity index (χ0) is 13.4. The van der Waals surface area contributed by atoms with Gasteiger partial charge in [0.2, 0.25) is 0 Å². The number of hydrogen-bond donors (Lipinski definition) is 1. The van der Waals surface area contributed by atoms with Crippen LogP contribution in [-0.4, -0.2) is 67.3 Å². The van der Waals surface area contributed by atoms with Crippen molar-refractivity contribution in [3.05, 3.63) is 0 Å². The standard InChI is InChI=1S/C14H29N3O/c1-13(2)11-17(7-6-16(13)4)14(3,10-15)12-5-8-18-9-12/h12H,5-11,15H2,1-4H3. The van der Waals surface area contributed by atoms with Gasteiger partial charge in [-0.25, -0.2) is 0 Å². The Hall–Kier alpha value is -0.160. The predicted octanol–water partition coefficient (Wildman–Crippen LogP) is 0.766. The summed E-state index contributed by atoms with van der Waals surface area (Å²) in [5.41, 5.74) is 6.45. The molecule has 0 spiro atoms. The molecular weight excluding hydrogens is 226 g/mol. The maximum Gasteiger partial charge on any atom is 0.0513 e. The van der Waals surface area contributed by atoms with E-state index in [-0.39, 0.29) is 11.1 Å². The van der Waals surface area contributed by atoms with E-state index < -0.39 is 0 Å². The van der Waals surface area contributed by atoms with E-state index in [1.807, 2.05) is 0 Å². The normalized spacial score (nSPS) is 33.5. The van der Waals surface area contributed by atoms with E-state index in [0.717, 1.165) is 45.8 Å². The van der Waals surface area contributed by atoms with E-state index in [9.17, 15) is 0 Å². The SMILES string of the molecule is CN1CCN(C(C)(CN)C2CCOC2)CC1(C)C. The molecule has 2 aliphatic heterocycles. The molecule has 0 amide bonds. The van der Waals surface area contributed by atoms with Gasteiger partial charge in [-0.3, -0.25) is 9.80 Å². The van der Waals surface area contributed by atoms with E-state index in [0.29, 0.717) is 5.92 Å². The lowest BCUT2D eigenvalue weighted by atomic mass is 9.81. The molecule has 0 bridgehead atoms. The number of ether oxygens (including phenoxy) is 1. The van der Waals surface area contributed by atoms with Gasteiger partial charge >= 0.3 is 0 Å². The first-order chi connectivity index (χ1) is 8.40. The lowest BCUT2D eigenvalue weighted by Gasteiger charge is -2.53. The number of rotatable bonds is 3. The largest absolute Gasteiger partial charge is 0.381 e. The molecule has 0 saturated carbocycles. The summed E-state index contributed by atoms with van der Waals surface area (Å²) in [5, 5.41) is 0. The summed E-state index contributed by atoms with van der Waals surface area (Å²) in [6, 6.07) is 0. The molecule has 0 aromatic rings. The maximum absolute atomic E-state index is 6.13. The van der Waals surface area contributed by atoms with Crippen LogP contribution < -0.4 is 5.73 Å². The van der Waals surface area contributed by atoms with Crippen LogP contribution in [0.1, 0.15) is 27.2 Å². The Kier molecular flexibility index (Phi) is 4.02. The third-order valence-corrected chi connectivity index (χ3v) is 5.26. The molecule has 0 radical (unpaired) electrons. The first-order valence-corrected chi connectivity index (χ1v) is 7.14. The summed E-state index contributed by atoms with van der Waals surface area (Å²) in [7, 11) is 2.22. The summed E-state index contributed by atoms with van der Waals surface area (Å²) < 4.78 is 5.58. The van der Waals surface area contributed by atoms with Gasteiger partial charge in [0.1, 0.15) is 0 Å². The van der Waals surface area contributed by atoms with E-state index in [4.69, 9.17) is 10.5 Å². The molecule has 4 nitrogen and oxygen atoms in total. The molecule has 2 atom stereocenters. The minimum Gasteiger partial charge on any atom is -0.381 e. The Bertz CT molecular complexity index is 289. The minimum absolute atomic E-state index is 0.0923. The molecule has 2 fully saturated rings. The molecule has 2 heterocycles. The van der Waals surface area contributed by atoms with Gasteiger partial charge in [-0.1, -0.05) is 0 Å². The van der Waals surface area contributed by atoms with Crippen molar-refractivity contribution in [1.29, 1.82) is 0 Å². The second kappa shape index (κ2) is 5.08. The van der Waals surface area contributed by atoms with Crippen LogP contribution in [0.25, 0.3) is 0 Å². The monoisotopic (exact) mass is 255 g/mol. The molecule has 4 heteroatoms. The summed E-state index contributed by atoms with van der Waals surface area (Å²) in [6.45, 7) is 12.8. The minimum atomic E-state index is 0.0923. The molecule has 0 aliphatic carbocycles. The second-order valence-electron chi connectivity index (χ2n) is 6.78. The average Bonchev–Trinajstić information content (AvgIpc) is 2.85. The van der Waals surface area contributed by atoms with Crippen molar-refractivity contribution in [2.45, 2.75) is 38.3 Å². The molecule has 2 unspecified atom stereocenters.